The molecule has 0 aliphatic heterocycles. The number of pyridine rings is 1. The quantitative estimate of drug-likeness (QED) is 0.795. The number of nitrogens with zero attached hydrogens (tertiary/aromatic N) is 2. The molecule has 0 saturated heterocycles. The number of hydrogen-bond acceptors (Lipinski definition) is 3. The largest absolute Gasteiger partial charge is 0.444 e. The predicted octanol–water partition coefficient (Wildman–Crippen LogP) is 3.29. The molecule has 6 heteroatoms. The van der Waals surface area contributed by atoms with Crippen LogP contribution in [0.1, 0.15) is 20.8 Å². The Bertz CT molecular complexity index is 587. The number of carbonyl (C=O) groups excluding carboxylic acids is 1. The minimum absolute atomic E-state index is 0.478. The zero-order valence-electron chi connectivity index (χ0n) is 10.4. The van der Waals surface area contributed by atoms with Gasteiger partial charge in [-0.15, -0.1) is 0 Å². The molecule has 0 aliphatic carbocycles. The topological polar surface area (TPSA) is 55.6 Å². The normalized spacial score (nSPS) is 11.6. The van der Waals surface area contributed by atoms with Crippen LogP contribution in [0.25, 0.3) is 5.65 Å². The van der Waals surface area contributed by atoms with Crippen LogP contribution in [0.2, 0.25) is 0 Å². The Morgan fingerprint density at radius 3 is 2.78 bits per heavy atom. The third kappa shape index (κ3) is 3.34. The van der Waals surface area contributed by atoms with Gasteiger partial charge in [0.25, 0.3) is 0 Å². The molecular formula is C12H14IN3O2. The number of imidazole rings is 1. The van der Waals surface area contributed by atoms with Gasteiger partial charge in [0.1, 0.15) is 11.2 Å². The van der Waals surface area contributed by atoms with E-state index in [-0.39, 0.29) is 0 Å². The molecule has 2 rings (SSSR count). The highest BCUT2D eigenvalue weighted by atomic mass is 127. The van der Waals surface area contributed by atoms with Crippen molar-refractivity contribution in [3.8, 4) is 0 Å². The fraction of sp³-hybridized carbons (Fsp3) is 0.333. The molecule has 0 saturated carbocycles. The Balaban J connectivity index is 2.15. The van der Waals surface area contributed by atoms with Crippen molar-refractivity contribution < 1.29 is 9.53 Å². The Morgan fingerprint density at radius 2 is 2.11 bits per heavy atom. The minimum Gasteiger partial charge on any atom is -0.444 e. The number of amides is 1. The lowest BCUT2D eigenvalue weighted by molar-refractivity contribution is 0.0635. The number of anilines is 1. The maximum Gasteiger partial charge on any atom is 0.413 e. The van der Waals surface area contributed by atoms with E-state index in [0.29, 0.717) is 5.82 Å². The van der Waals surface area contributed by atoms with Crippen LogP contribution in [0.3, 0.4) is 0 Å². The van der Waals surface area contributed by atoms with Gasteiger partial charge >= 0.3 is 6.09 Å². The Labute approximate surface area is 119 Å². The third-order valence-corrected chi connectivity index (χ3v) is 2.68. The molecule has 0 fully saturated rings. The molecule has 18 heavy (non-hydrogen) atoms. The molecule has 2 aromatic heterocycles. The van der Waals surface area contributed by atoms with Crippen LogP contribution >= 0.6 is 22.6 Å². The van der Waals surface area contributed by atoms with Gasteiger partial charge in [0.15, 0.2) is 5.82 Å². The Kier molecular flexibility index (Phi) is 3.47. The summed E-state index contributed by atoms with van der Waals surface area (Å²) in [6.45, 7) is 5.45. The van der Waals surface area contributed by atoms with Crippen LogP contribution in [0.5, 0.6) is 0 Å². The minimum atomic E-state index is -0.515. The van der Waals surface area contributed by atoms with Gasteiger partial charge in [-0.25, -0.2) is 9.78 Å². The standard InChI is InChI=1S/C12H14IN3O2/c1-12(2,3)18-11(17)15-9-7-16-6-8(13)4-5-10(16)14-9/h4-7H,1-3H3,(H,15,17). The fourth-order valence-electron chi connectivity index (χ4n) is 1.43. The SMILES string of the molecule is CC(C)(C)OC(=O)Nc1cn2cc(I)ccc2n1. The van der Waals surface area contributed by atoms with Crippen molar-refractivity contribution in [1.29, 1.82) is 0 Å². The zero-order chi connectivity index (χ0) is 13.3. The van der Waals surface area contributed by atoms with Crippen molar-refractivity contribution in [2.24, 2.45) is 0 Å². The number of aromatic nitrogens is 2. The molecule has 0 spiro atoms. The molecular weight excluding hydrogens is 345 g/mol. The first-order chi connectivity index (χ1) is 8.33. The maximum atomic E-state index is 11.6. The maximum absolute atomic E-state index is 11.6. The molecule has 96 valence electrons. The molecule has 0 unspecified atom stereocenters. The molecule has 0 aromatic carbocycles. The smallest absolute Gasteiger partial charge is 0.413 e. The second-order valence-corrected chi connectivity index (χ2v) is 6.11. The number of rotatable bonds is 1. The van der Waals surface area contributed by atoms with Crippen LogP contribution in [0, 0.1) is 3.57 Å². The molecule has 5 nitrogen and oxygen atoms in total. The number of nitrogens with one attached hydrogen (secondary N) is 1. The molecule has 2 aromatic rings. The summed E-state index contributed by atoms with van der Waals surface area (Å²) in [5.74, 6) is 0.478. The summed E-state index contributed by atoms with van der Waals surface area (Å²) in [6.07, 6.45) is 3.19. The summed E-state index contributed by atoms with van der Waals surface area (Å²) >= 11 is 2.22. The van der Waals surface area contributed by atoms with Crippen molar-refractivity contribution in [3.05, 3.63) is 28.1 Å². The number of fused-ring (bicyclic) bond motifs is 1. The van der Waals surface area contributed by atoms with E-state index in [1.165, 1.54) is 0 Å². The molecule has 1 amide bonds. The molecule has 0 bridgehead atoms. The lowest BCUT2D eigenvalue weighted by atomic mass is 10.2. The van der Waals surface area contributed by atoms with Crippen molar-refractivity contribution >= 4 is 40.1 Å². The highest BCUT2D eigenvalue weighted by molar-refractivity contribution is 14.1. The van der Waals surface area contributed by atoms with Gasteiger partial charge in [-0.2, -0.15) is 0 Å². The van der Waals surface area contributed by atoms with E-state index in [0.717, 1.165) is 9.22 Å². The van der Waals surface area contributed by atoms with E-state index in [4.69, 9.17) is 4.74 Å². The highest BCUT2D eigenvalue weighted by Crippen LogP contribution is 2.14. The van der Waals surface area contributed by atoms with E-state index in [1.807, 2.05) is 43.5 Å². The van der Waals surface area contributed by atoms with Crippen LogP contribution in [-0.2, 0) is 4.74 Å². The van der Waals surface area contributed by atoms with Gasteiger partial charge in [-0.3, -0.25) is 5.32 Å². The van der Waals surface area contributed by atoms with Crippen LogP contribution in [-0.4, -0.2) is 21.1 Å². The number of hydrogen-bond donors (Lipinski definition) is 1. The third-order valence-electron chi connectivity index (χ3n) is 2.04. The summed E-state index contributed by atoms with van der Waals surface area (Å²) in [7, 11) is 0. The van der Waals surface area contributed by atoms with Gasteiger partial charge in [-0.05, 0) is 55.5 Å². The van der Waals surface area contributed by atoms with Gasteiger partial charge in [0, 0.05) is 9.77 Å². The first kappa shape index (κ1) is 13.1. The number of ether oxygens (including phenoxy) is 1. The number of carbonyl (C=O) groups is 1. The monoisotopic (exact) mass is 359 g/mol. The summed E-state index contributed by atoms with van der Waals surface area (Å²) in [5, 5.41) is 2.61. The van der Waals surface area contributed by atoms with Crippen molar-refractivity contribution in [2.75, 3.05) is 5.32 Å². The van der Waals surface area contributed by atoms with E-state index in [2.05, 4.69) is 32.9 Å². The fourth-order valence-corrected chi connectivity index (χ4v) is 1.91. The summed E-state index contributed by atoms with van der Waals surface area (Å²) in [5.41, 5.74) is 0.264. The average molecular weight is 359 g/mol. The summed E-state index contributed by atoms with van der Waals surface area (Å²) < 4.78 is 8.11. The van der Waals surface area contributed by atoms with E-state index >= 15 is 0 Å². The Morgan fingerprint density at radius 1 is 1.39 bits per heavy atom. The number of halogens is 1. The Hall–Kier alpha value is -1.31. The van der Waals surface area contributed by atoms with Crippen molar-refractivity contribution in [2.45, 2.75) is 26.4 Å². The van der Waals surface area contributed by atoms with Gasteiger partial charge in [0.2, 0.25) is 0 Å². The van der Waals surface area contributed by atoms with Crippen LogP contribution in [0.4, 0.5) is 10.6 Å². The van der Waals surface area contributed by atoms with E-state index in [9.17, 15) is 4.79 Å². The van der Waals surface area contributed by atoms with Crippen LogP contribution in [0.15, 0.2) is 24.5 Å². The first-order valence-electron chi connectivity index (χ1n) is 5.48. The second-order valence-electron chi connectivity index (χ2n) is 4.87. The van der Waals surface area contributed by atoms with E-state index in [1.54, 1.807) is 6.20 Å². The van der Waals surface area contributed by atoms with Crippen molar-refractivity contribution in [1.82, 2.24) is 9.38 Å². The van der Waals surface area contributed by atoms with Gasteiger partial charge in [-0.1, -0.05) is 0 Å². The molecule has 0 aliphatic rings. The molecule has 0 radical (unpaired) electrons. The average Bonchev–Trinajstić information content (AvgIpc) is 2.55. The van der Waals surface area contributed by atoms with Crippen LogP contribution < -0.4 is 5.32 Å². The van der Waals surface area contributed by atoms with Gasteiger partial charge < -0.3 is 9.14 Å². The second kappa shape index (κ2) is 4.75. The highest BCUT2D eigenvalue weighted by Gasteiger charge is 2.17. The summed E-state index contributed by atoms with van der Waals surface area (Å²) in [4.78, 5) is 15.9. The molecule has 0 atom stereocenters. The van der Waals surface area contributed by atoms with Gasteiger partial charge in [0.05, 0.1) is 6.20 Å². The van der Waals surface area contributed by atoms with E-state index < -0.39 is 11.7 Å². The summed E-state index contributed by atoms with van der Waals surface area (Å²) in [6, 6.07) is 3.85. The molecule has 1 N–H and O–H groups in total. The first-order valence-corrected chi connectivity index (χ1v) is 6.56. The lowest BCUT2D eigenvalue weighted by Gasteiger charge is -2.18. The lowest BCUT2D eigenvalue weighted by Crippen LogP contribution is -2.27. The predicted molar refractivity (Wildman–Crippen MR) is 77.8 cm³/mol. The zero-order valence-corrected chi connectivity index (χ0v) is 12.6. The van der Waals surface area contributed by atoms with Crippen molar-refractivity contribution in [3.63, 3.8) is 0 Å². The molecule has 2 heterocycles.